The minimum Gasteiger partial charge on any atom is -0.481 e. The molecule has 1 aliphatic heterocycles. The number of hydrogen-bond donors (Lipinski definition) is 1. The lowest BCUT2D eigenvalue weighted by molar-refractivity contribution is -0.676. The molecule has 1 aliphatic rings. The molecule has 0 saturated carbocycles. The Kier molecular flexibility index (Phi) is 7.45. The second kappa shape index (κ2) is 12.0. The second-order valence-electron chi connectivity index (χ2n) is 10.6. The number of oxazole rings is 1. The Morgan fingerprint density at radius 1 is 0.867 bits per heavy atom. The molecule has 0 atom stereocenters. The fourth-order valence-electron chi connectivity index (χ4n) is 5.96. The Labute approximate surface area is 258 Å². The number of carboxylic acid groups (broad SMARTS) is 1. The largest absolute Gasteiger partial charge is 0.481 e. The van der Waals surface area contributed by atoms with Crippen LogP contribution in [0.1, 0.15) is 12.3 Å². The molecule has 7 rings (SSSR count). The maximum absolute atomic E-state index is 11.6. The molecule has 0 fully saturated rings. The number of aryl methyl sites for hydroxylation is 1. The summed E-state index contributed by atoms with van der Waals surface area (Å²) < 4.78 is 19.6. The van der Waals surface area contributed by atoms with Crippen LogP contribution >= 0.6 is 0 Å². The van der Waals surface area contributed by atoms with Crippen LogP contribution in [0.15, 0.2) is 120 Å². The van der Waals surface area contributed by atoms with E-state index in [1.54, 1.807) is 0 Å². The van der Waals surface area contributed by atoms with Crippen molar-refractivity contribution in [1.82, 2.24) is 0 Å². The normalized spacial score (nSPS) is 14.0. The molecule has 45 heavy (non-hydrogen) atoms. The average molecular weight is 598 g/mol. The highest BCUT2D eigenvalue weighted by Gasteiger charge is 2.28. The van der Waals surface area contributed by atoms with Crippen LogP contribution in [0.4, 0.5) is 5.69 Å². The van der Waals surface area contributed by atoms with Gasteiger partial charge in [-0.2, -0.15) is 4.57 Å². The first kappa shape index (κ1) is 27.9. The van der Waals surface area contributed by atoms with Gasteiger partial charge in [-0.3, -0.25) is 9.59 Å². The Morgan fingerprint density at radius 2 is 1.56 bits per heavy atom. The number of benzene rings is 5. The summed E-state index contributed by atoms with van der Waals surface area (Å²) in [6.07, 6.45) is 9.23. The fourth-order valence-corrected chi connectivity index (χ4v) is 5.96. The van der Waals surface area contributed by atoms with Gasteiger partial charge >= 0.3 is 11.9 Å². The Balaban J connectivity index is 1.23. The van der Waals surface area contributed by atoms with E-state index in [2.05, 4.69) is 24.3 Å². The molecule has 6 aromatic rings. The van der Waals surface area contributed by atoms with E-state index in [9.17, 15) is 14.7 Å². The third-order valence-corrected chi connectivity index (χ3v) is 7.95. The molecule has 1 aromatic heterocycles. The van der Waals surface area contributed by atoms with Crippen molar-refractivity contribution in [3.8, 4) is 5.75 Å². The number of rotatable bonds is 10. The third-order valence-electron chi connectivity index (χ3n) is 7.95. The van der Waals surface area contributed by atoms with Crippen LogP contribution in [0.2, 0.25) is 0 Å². The van der Waals surface area contributed by atoms with Crippen molar-refractivity contribution in [3.05, 3.63) is 121 Å². The molecule has 5 aromatic carbocycles. The molecule has 0 aliphatic carbocycles. The van der Waals surface area contributed by atoms with Crippen LogP contribution in [0, 0.1) is 0 Å². The summed E-state index contributed by atoms with van der Waals surface area (Å²) in [6, 6.07) is 28.4. The van der Waals surface area contributed by atoms with Gasteiger partial charge in [-0.15, -0.1) is 0 Å². The van der Waals surface area contributed by atoms with Gasteiger partial charge in [-0.05, 0) is 45.8 Å². The first-order valence-electron chi connectivity index (χ1n) is 14.7. The van der Waals surface area contributed by atoms with E-state index in [4.69, 9.17) is 13.9 Å². The standard InChI is InChI=1S/C37H28N2O6/c40-24-43-21-20-38-31-22-25-10-4-5-11-26(25)23-32(31)44-33(38)16-2-1-3-17-34-39(19-18-35(41)42)36-29-14-8-6-12-27(29)28-13-7-9-15-30(28)37(36)45-34/h1-17,22-24H,18-21H2/p+1. The van der Waals surface area contributed by atoms with Crippen LogP contribution in [0.5, 0.6) is 5.75 Å². The Morgan fingerprint density at radius 3 is 2.31 bits per heavy atom. The lowest BCUT2D eigenvalue weighted by Gasteiger charge is -2.17. The molecule has 8 heteroatoms. The number of hydrogen-bond acceptors (Lipinski definition) is 6. The monoisotopic (exact) mass is 597 g/mol. The van der Waals surface area contributed by atoms with Crippen LogP contribution in [0.25, 0.3) is 49.5 Å². The van der Waals surface area contributed by atoms with Crippen LogP contribution in [-0.2, 0) is 20.9 Å². The van der Waals surface area contributed by atoms with E-state index in [-0.39, 0.29) is 19.6 Å². The van der Waals surface area contributed by atoms with Gasteiger partial charge in [0.15, 0.2) is 12.3 Å². The minimum absolute atomic E-state index is 0.0419. The average Bonchev–Trinajstić information content (AvgIpc) is 3.60. The van der Waals surface area contributed by atoms with Gasteiger partial charge in [-0.1, -0.05) is 85.0 Å². The summed E-state index contributed by atoms with van der Waals surface area (Å²) in [5, 5.41) is 15.8. The molecule has 0 radical (unpaired) electrons. The summed E-state index contributed by atoms with van der Waals surface area (Å²) in [7, 11) is 0. The van der Waals surface area contributed by atoms with Crippen molar-refractivity contribution in [3.63, 3.8) is 0 Å². The highest BCUT2D eigenvalue weighted by molar-refractivity contribution is 6.21. The molecule has 1 N–H and O–H groups in total. The summed E-state index contributed by atoms with van der Waals surface area (Å²) in [5.41, 5.74) is 2.49. The van der Waals surface area contributed by atoms with Gasteiger partial charge in [0.2, 0.25) is 11.5 Å². The number of ether oxygens (including phenoxy) is 2. The number of carbonyl (C=O) groups is 2. The van der Waals surface area contributed by atoms with Crippen molar-refractivity contribution in [1.29, 1.82) is 0 Å². The molecular weight excluding hydrogens is 568 g/mol. The van der Waals surface area contributed by atoms with Gasteiger partial charge in [0.1, 0.15) is 13.0 Å². The summed E-state index contributed by atoms with van der Waals surface area (Å²) in [6.45, 7) is 1.35. The topological polar surface area (TPSA) is 93.1 Å². The zero-order valence-electron chi connectivity index (χ0n) is 24.3. The zero-order chi connectivity index (χ0) is 30.8. The predicted octanol–water partition coefficient (Wildman–Crippen LogP) is 7.14. The SMILES string of the molecule is O=COCCN1\C(=C/C=C/C=C/c2oc3c4ccccc4c4ccccc4c3[n+]2CCC(=O)O)Oc2cc3ccccc3cc21. The van der Waals surface area contributed by atoms with Gasteiger partial charge < -0.3 is 23.9 Å². The first-order valence-corrected chi connectivity index (χ1v) is 14.7. The maximum Gasteiger partial charge on any atom is 0.374 e. The predicted molar refractivity (Wildman–Crippen MR) is 174 cm³/mol. The molecular formula is C37H29N2O6+. The number of fused-ring (bicyclic) bond motifs is 8. The summed E-state index contributed by atoms with van der Waals surface area (Å²) in [4.78, 5) is 24.3. The number of carbonyl (C=O) groups excluding carboxylic acids is 1. The van der Waals surface area contributed by atoms with Crippen molar-refractivity contribution in [2.45, 2.75) is 13.0 Å². The highest BCUT2D eigenvalue weighted by Crippen LogP contribution is 2.41. The maximum atomic E-state index is 11.6. The Hall–Kier alpha value is -5.89. The van der Waals surface area contributed by atoms with E-state index in [0.29, 0.717) is 24.8 Å². The summed E-state index contributed by atoms with van der Waals surface area (Å²) in [5.74, 6) is 1.01. The quantitative estimate of drug-likeness (QED) is 0.0590. The van der Waals surface area contributed by atoms with Crippen molar-refractivity contribution < 1.29 is 33.2 Å². The van der Waals surface area contributed by atoms with Gasteiger partial charge in [-0.25, -0.2) is 0 Å². The van der Waals surface area contributed by atoms with E-state index in [0.717, 1.165) is 54.9 Å². The highest BCUT2D eigenvalue weighted by atomic mass is 16.5. The number of carboxylic acids is 1. The smallest absolute Gasteiger partial charge is 0.374 e. The van der Waals surface area contributed by atoms with Crippen LogP contribution < -0.4 is 14.2 Å². The number of aliphatic carboxylic acids is 1. The van der Waals surface area contributed by atoms with E-state index < -0.39 is 5.97 Å². The van der Waals surface area contributed by atoms with Crippen molar-refractivity contribution in [2.24, 2.45) is 0 Å². The van der Waals surface area contributed by atoms with Crippen LogP contribution in [0.3, 0.4) is 0 Å². The lowest BCUT2D eigenvalue weighted by atomic mass is 10.0. The molecule has 8 nitrogen and oxygen atoms in total. The van der Waals surface area contributed by atoms with E-state index in [1.165, 1.54) is 0 Å². The Bertz CT molecular complexity index is 2190. The first-order chi connectivity index (χ1) is 22.1. The second-order valence-corrected chi connectivity index (χ2v) is 10.6. The third kappa shape index (κ3) is 5.27. The van der Waals surface area contributed by atoms with E-state index >= 15 is 0 Å². The van der Waals surface area contributed by atoms with Crippen molar-refractivity contribution in [2.75, 3.05) is 18.1 Å². The van der Waals surface area contributed by atoms with Crippen LogP contribution in [-0.4, -0.2) is 30.7 Å². The number of allylic oxidation sites excluding steroid dienone is 4. The summed E-state index contributed by atoms with van der Waals surface area (Å²) >= 11 is 0. The molecule has 0 amide bonds. The molecule has 2 heterocycles. The molecule has 0 unspecified atom stereocenters. The van der Waals surface area contributed by atoms with Gasteiger partial charge in [0.05, 0.1) is 23.7 Å². The number of aromatic nitrogens is 1. The molecule has 0 saturated heterocycles. The molecule has 222 valence electrons. The van der Waals surface area contributed by atoms with Gasteiger partial charge in [0, 0.05) is 5.39 Å². The molecule has 0 spiro atoms. The lowest BCUT2D eigenvalue weighted by Crippen LogP contribution is -2.36. The molecule has 0 bridgehead atoms. The van der Waals surface area contributed by atoms with Gasteiger partial charge in [0.25, 0.3) is 12.0 Å². The fraction of sp³-hybridized carbons (Fsp3) is 0.108. The number of nitrogens with zero attached hydrogens (tertiary/aromatic N) is 2. The number of anilines is 1. The van der Waals surface area contributed by atoms with E-state index in [1.807, 2.05) is 101 Å². The zero-order valence-corrected chi connectivity index (χ0v) is 24.3. The minimum atomic E-state index is -0.878. The van der Waals surface area contributed by atoms with Crippen molar-refractivity contribution >= 4 is 67.6 Å².